The van der Waals surface area contributed by atoms with Crippen molar-refractivity contribution in [2.45, 2.75) is 19.4 Å². The molecule has 2 aromatic carbocycles. The number of thiazole rings is 1. The molecule has 0 saturated heterocycles. The lowest BCUT2D eigenvalue weighted by Crippen LogP contribution is -2.27. The van der Waals surface area contributed by atoms with Gasteiger partial charge in [-0.05, 0) is 37.1 Å². The molecule has 0 aliphatic carbocycles. The monoisotopic (exact) mass is 308 g/mol. The number of anilines is 1. The second-order valence-electron chi connectivity index (χ2n) is 5.92. The summed E-state index contributed by atoms with van der Waals surface area (Å²) in [5.41, 5.74) is 9.84. The zero-order valence-electron chi connectivity index (χ0n) is 12.5. The molecule has 0 unspecified atom stereocenters. The summed E-state index contributed by atoms with van der Waals surface area (Å²) in [5.74, 6) is 0.863. The lowest BCUT2D eigenvalue weighted by molar-refractivity contribution is 0.109. The van der Waals surface area contributed by atoms with Gasteiger partial charge < -0.3 is 10.5 Å². The van der Waals surface area contributed by atoms with Crippen molar-refractivity contribution in [3.63, 3.8) is 0 Å². The average molecular weight is 308 g/mol. The highest BCUT2D eigenvalue weighted by molar-refractivity contribution is 7.16. The quantitative estimate of drug-likeness (QED) is 0.709. The molecule has 0 saturated carbocycles. The lowest BCUT2D eigenvalue weighted by Gasteiger charge is -2.31. The minimum Gasteiger partial charge on any atom is -0.482 e. The minimum atomic E-state index is -0.397. The number of nitrogens with two attached hydrogens (primary N) is 1. The lowest BCUT2D eigenvalue weighted by atomic mass is 9.94. The Morgan fingerprint density at radius 3 is 2.59 bits per heavy atom. The molecule has 3 nitrogen and oxygen atoms in total. The number of hydrogen-bond donors (Lipinski definition) is 1. The number of aromatic nitrogens is 1. The van der Waals surface area contributed by atoms with Crippen molar-refractivity contribution >= 4 is 16.5 Å². The largest absolute Gasteiger partial charge is 0.482 e. The molecule has 0 bridgehead atoms. The fraction of sp³-hybridized carbons (Fsp3) is 0.167. The van der Waals surface area contributed by atoms with Crippen LogP contribution in [0.15, 0.2) is 48.5 Å². The summed E-state index contributed by atoms with van der Waals surface area (Å²) in [6, 6.07) is 16.6. The van der Waals surface area contributed by atoms with E-state index in [4.69, 9.17) is 10.5 Å². The first-order chi connectivity index (χ1) is 10.5. The molecule has 1 aliphatic rings. The van der Waals surface area contributed by atoms with Gasteiger partial charge in [-0.15, -0.1) is 0 Å². The van der Waals surface area contributed by atoms with Crippen LogP contribution in [-0.4, -0.2) is 4.98 Å². The number of rotatable bonds is 1. The first-order valence-corrected chi connectivity index (χ1v) is 8.02. The molecule has 0 spiro atoms. The molecular formula is C18H16N2OS. The van der Waals surface area contributed by atoms with E-state index in [1.165, 1.54) is 16.9 Å². The van der Waals surface area contributed by atoms with Gasteiger partial charge in [-0.3, -0.25) is 0 Å². The summed E-state index contributed by atoms with van der Waals surface area (Å²) < 4.78 is 6.16. The van der Waals surface area contributed by atoms with Crippen LogP contribution in [0.25, 0.3) is 22.4 Å². The molecule has 1 aliphatic heterocycles. The van der Waals surface area contributed by atoms with E-state index < -0.39 is 5.60 Å². The Morgan fingerprint density at radius 2 is 1.82 bits per heavy atom. The van der Waals surface area contributed by atoms with Crippen LogP contribution in [0.1, 0.15) is 18.7 Å². The van der Waals surface area contributed by atoms with Crippen LogP contribution in [-0.2, 0) is 5.60 Å². The second-order valence-corrected chi connectivity index (χ2v) is 6.95. The molecule has 0 atom stereocenters. The molecule has 0 radical (unpaired) electrons. The maximum absolute atomic E-state index is 6.16. The van der Waals surface area contributed by atoms with E-state index in [9.17, 15) is 0 Å². The first-order valence-electron chi connectivity index (χ1n) is 7.20. The third-order valence-electron chi connectivity index (χ3n) is 3.90. The van der Waals surface area contributed by atoms with Gasteiger partial charge in [-0.25, -0.2) is 4.98 Å². The number of fused-ring (bicyclic) bond motifs is 3. The van der Waals surface area contributed by atoms with Crippen LogP contribution in [0.2, 0.25) is 0 Å². The Bertz CT molecular complexity index is 853. The molecule has 22 heavy (non-hydrogen) atoms. The summed E-state index contributed by atoms with van der Waals surface area (Å²) >= 11 is 1.50. The van der Waals surface area contributed by atoms with Gasteiger partial charge in [0.15, 0.2) is 5.13 Å². The third kappa shape index (κ3) is 1.99. The Balaban J connectivity index is 1.92. The Morgan fingerprint density at radius 1 is 1.05 bits per heavy atom. The normalized spacial score (nSPS) is 14.8. The molecule has 4 heteroatoms. The predicted molar refractivity (Wildman–Crippen MR) is 91.1 cm³/mol. The Kier molecular flexibility index (Phi) is 2.78. The number of hydrogen-bond acceptors (Lipinski definition) is 4. The second kappa shape index (κ2) is 4.58. The van der Waals surface area contributed by atoms with Crippen LogP contribution < -0.4 is 10.5 Å². The van der Waals surface area contributed by atoms with Crippen LogP contribution in [0.3, 0.4) is 0 Å². The van der Waals surface area contributed by atoms with Crippen molar-refractivity contribution in [1.82, 2.24) is 4.98 Å². The number of nitrogens with zero attached hydrogens (tertiary/aromatic N) is 1. The first kappa shape index (κ1) is 13.3. The minimum absolute atomic E-state index is 0.397. The summed E-state index contributed by atoms with van der Waals surface area (Å²) in [5, 5.41) is 0.583. The van der Waals surface area contributed by atoms with E-state index in [0.717, 1.165) is 27.4 Å². The average Bonchev–Trinajstić information content (AvgIpc) is 2.91. The van der Waals surface area contributed by atoms with E-state index in [2.05, 4.69) is 43.1 Å². The standard InChI is InChI=1S/C18H16N2OS/c1-18(2)16-15(20-17(19)22-16)13-10-12(8-9-14(13)21-18)11-6-4-3-5-7-11/h3-10H,1-2H3,(H2,19,20). The molecule has 1 aromatic heterocycles. The highest BCUT2D eigenvalue weighted by Crippen LogP contribution is 2.48. The molecule has 0 fully saturated rings. The zero-order valence-corrected chi connectivity index (χ0v) is 13.3. The van der Waals surface area contributed by atoms with Gasteiger partial charge >= 0.3 is 0 Å². The highest BCUT2D eigenvalue weighted by atomic mass is 32.1. The number of ether oxygens (including phenoxy) is 1. The van der Waals surface area contributed by atoms with Gasteiger partial charge in [0.1, 0.15) is 11.4 Å². The van der Waals surface area contributed by atoms with Gasteiger partial charge in [0.2, 0.25) is 0 Å². The van der Waals surface area contributed by atoms with Crippen LogP contribution in [0.4, 0.5) is 5.13 Å². The van der Waals surface area contributed by atoms with E-state index in [-0.39, 0.29) is 0 Å². The summed E-state index contributed by atoms with van der Waals surface area (Å²) in [6.07, 6.45) is 0. The molecule has 2 N–H and O–H groups in total. The summed E-state index contributed by atoms with van der Waals surface area (Å²) in [7, 11) is 0. The van der Waals surface area contributed by atoms with Crippen molar-refractivity contribution in [3.8, 4) is 28.1 Å². The fourth-order valence-electron chi connectivity index (χ4n) is 2.86. The number of benzene rings is 2. The Hall–Kier alpha value is -2.33. The van der Waals surface area contributed by atoms with Gasteiger partial charge in [0.25, 0.3) is 0 Å². The van der Waals surface area contributed by atoms with E-state index in [1.807, 2.05) is 24.3 Å². The molecular weight excluding hydrogens is 292 g/mol. The Labute approximate surface area is 133 Å². The highest BCUT2D eigenvalue weighted by Gasteiger charge is 2.36. The molecule has 4 rings (SSSR count). The van der Waals surface area contributed by atoms with E-state index >= 15 is 0 Å². The van der Waals surface area contributed by atoms with Gasteiger partial charge in [-0.2, -0.15) is 0 Å². The zero-order chi connectivity index (χ0) is 15.3. The third-order valence-corrected chi connectivity index (χ3v) is 5.09. The van der Waals surface area contributed by atoms with Crippen molar-refractivity contribution in [2.24, 2.45) is 0 Å². The number of nitrogen functional groups attached to an aromatic ring is 1. The van der Waals surface area contributed by atoms with Gasteiger partial charge in [0.05, 0.1) is 10.6 Å². The SMILES string of the molecule is CC1(C)Oc2ccc(-c3ccccc3)cc2-c2nc(N)sc21. The summed E-state index contributed by atoms with van der Waals surface area (Å²) in [4.78, 5) is 5.63. The van der Waals surface area contributed by atoms with E-state index in [1.54, 1.807) is 0 Å². The van der Waals surface area contributed by atoms with E-state index in [0.29, 0.717) is 5.13 Å². The maximum atomic E-state index is 6.16. The maximum Gasteiger partial charge on any atom is 0.180 e. The molecule has 3 aromatic rings. The van der Waals surface area contributed by atoms with Crippen molar-refractivity contribution in [3.05, 3.63) is 53.4 Å². The van der Waals surface area contributed by atoms with Crippen LogP contribution in [0, 0.1) is 0 Å². The molecule has 0 amide bonds. The van der Waals surface area contributed by atoms with Crippen molar-refractivity contribution < 1.29 is 4.74 Å². The van der Waals surface area contributed by atoms with Gasteiger partial charge in [0, 0.05) is 5.56 Å². The smallest absolute Gasteiger partial charge is 0.180 e. The van der Waals surface area contributed by atoms with Crippen molar-refractivity contribution in [1.29, 1.82) is 0 Å². The van der Waals surface area contributed by atoms with Crippen LogP contribution >= 0.6 is 11.3 Å². The summed E-state index contributed by atoms with van der Waals surface area (Å²) in [6.45, 7) is 4.11. The topological polar surface area (TPSA) is 48.1 Å². The molecule has 2 heterocycles. The van der Waals surface area contributed by atoms with Crippen LogP contribution in [0.5, 0.6) is 5.75 Å². The fourth-order valence-corrected chi connectivity index (χ4v) is 3.75. The molecule has 110 valence electrons. The predicted octanol–water partition coefficient (Wildman–Crippen LogP) is 4.69. The van der Waals surface area contributed by atoms with Gasteiger partial charge in [-0.1, -0.05) is 47.7 Å². The van der Waals surface area contributed by atoms with Crippen molar-refractivity contribution in [2.75, 3.05) is 5.73 Å².